The van der Waals surface area contributed by atoms with Crippen LogP contribution in [-0.2, 0) is 4.79 Å². The SMILES string of the molecule is COc1ccc(Br)cc1C=CC(=O)NC(=S)NNC(=O)c1ccc(Cl)cc1. The van der Waals surface area contributed by atoms with Gasteiger partial charge in [-0.05, 0) is 60.8 Å². The van der Waals surface area contributed by atoms with E-state index in [2.05, 4.69) is 32.1 Å². The first-order chi connectivity index (χ1) is 12.9. The molecular weight excluding hydrogens is 454 g/mol. The van der Waals surface area contributed by atoms with Crippen LogP contribution in [0.1, 0.15) is 15.9 Å². The van der Waals surface area contributed by atoms with Crippen molar-refractivity contribution >= 4 is 62.8 Å². The number of hydrazine groups is 1. The summed E-state index contributed by atoms with van der Waals surface area (Å²) >= 11 is 14.1. The van der Waals surface area contributed by atoms with E-state index in [1.807, 2.05) is 12.1 Å². The second kappa shape index (κ2) is 10.1. The molecule has 0 aliphatic carbocycles. The number of halogens is 2. The third-order valence-corrected chi connectivity index (χ3v) is 4.19. The maximum atomic E-state index is 12.0. The highest BCUT2D eigenvalue weighted by molar-refractivity contribution is 9.10. The third-order valence-electron chi connectivity index (χ3n) is 3.24. The van der Waals surface area contributed by atoms with Gasteiger partial charge in [0.1, 0.15) is 5.75 Å². The zero-order valence-corrected chi connectivity index (χ0v) is 17.2. The van der Waals surface area contributed by atoms with Crippen LogP contribution in [0.3, 0.4) is 0 Å². The van der Waals surface area contributed by atoms with Crippen LogP contribution in [0.5, 0.6) is 5.75 Å². The van der Waals surface area contributed by atoms with E-state index in [-0.39, 0.29) is 5.11 Å². The normalized spacial score (nSPS) is 10.3. The number of benzene rings is 2. The van der Waals surface area contributed by atoms with E-state index < -0.39 is 11.8 Å². The lowest BCUT2D eigenvalue weighted by Crippen LogP contribution is -2.48. The van der Waals surface area contributed by atoms with Crippen molar-refractivity contribution < 1.29 is 14.3 Å². The lowest BCUT2D eigenvalue weighted by molar-refractivity contribution is -0.115. The summed E-state index contributed by atoms with van der Waals surface area (Å²) in [5.74, 6) is -0.258. The van der Waals surface area contributed by atoms with Crippen molar-refractivity contribution in [2.75, 3.05) is 7.11 Å². The van der Waals surface area contributed by atoms with Crippen LogP contribution in [0.4, 0.5) is 0 Å². The lowest BCUT2D eigenvalue weighted by Gasteiger charge is -2.10. The molecule has 27 heavy (non-hydrogen) atoms. The van der Waals surface area contributed by atoms with Gasteiger partial charge in [0.25, 0.3) is 5.91 Å². The molecule has 0 atom stereocenters. The second-order valence-electron chi connectivity index (χ2n) is 5.12. The topological polar surface area (TPSA) is 79.5 Å². The number of hydrogen-bond acceptors (Lipinski definition) is 4. The van der Waals surface area contributed by atoms with Gasteiger partial charge in [-0.25, -0.2) is 0 Å². The van der Waals surface area contributed by atoms with E-state index in [4.69, 9.17) is 28.6 Å². The first-order valence-electron chi connectivity index (χ1n) is 7.57. The molecule has 2 amide bonds. The van der Waals surface area contributed by atoms with Gasteiger partial charge in [0, 0.05) is 26.7 Å². The van der Waals surface area contributed by atoms with E-state index in [9.17, 15) is 9.59 Å². The number of carbonyl (C=O) groups is 2. The van der Waals surface area contributed by atoms with Gasteiger partial charge in [0.2, 0.25) is 5.91 Å². The van der Waals surface area contributed by atoms with Gasteiger partial charge >= 0.3 is 0 Å². The predicted octanol–water partition coefficient (Wildman–Crippen LogP) is 3.46. The minimum atomic E-state index is -0.463. The third kappa shape index (κ3) is 6.67. The molecule has 0 unspecified atom stereocenters. The average molecular weight is 469 g/mol. The van der Waals surface area contributed by atoms with Crippen molar-refractivity contribution in [3.63, 3.8) is 0 Å². The highest BCUT2D eigenvalue weighted by Crippen LogP contribution is 2.23. The Morgan fingerprint density at radius 3 is 2.52 bits per heavy atom. The molecule has 0 fully saturated rings. The number of thiocarbonyl (C=S) groups is 1. The Labute approximate surface area is 175 Å². The summed E-state index contributed by atoms with van der Waals surface area (Å²) in [6.07, 6.45) is 2.90. The van der Waals surface area contributed by atoms with E-state index in [1.54, 1.807) is 43.5 Å². The largest absolute Gasteiger partial charge is 0.496 e. The maximum Gasteiger partial charge on any atom is 0.269 e. The average Bonchev–Trinajstić information content (AvgIpc) is 2.65. The molecule has 0 aliphatic heterocycles. The summed E-state index contributed by atoms with van der Waals surface area (Å²) in [5, 5.41) is 2.90. The van der Waals surface area contributed by atoms with E-state index in [0.29, 0.717) is 16.3 Å². The summed E-state index contributed by atoms with van der Waals surface area (Å²) in [5.41, 5.74) is 5.95. The van der Waals surface area contributed by atoms with Gasteiger partial charge < -0.3 is 4.74 Å². The van der Waals surface area contributed by atoms with Crippen LogP contribution in [0.25, 0.3) is 6.08 Å². The Morgan fingerprint density at radius 1 is 1.15 bits per heavy atom. The molecule has 0 aliphatic rings. The molecule has 0 saturated carbocycles. The fourth-order valence-corrected chi connectivity index (χ4v) is 2.63. The van der Waals surface area contributed by atoms with Crippen molar-refractivity contribution in [3.05, 3.63) is 69.2 Å². The van der Waals surface area contributed by atoms with E-state index in [1.165, 1.54) is 6.08 Å². The van der Waals surface area contributed by atoms with Crippen molar-refractivity contribution in [2.45, 2.75) is 0 Å². The zero-order chi connectivity index (χ0) is 19.8. The summed E-state index contributed by atoms with van der Waals surface area (Å²) in [7, 11) is 1.54. The van der Waals surface area contributed by atoms with Crippen molar-refractivity contribution in [1.82, 2.24) is 16.2 Å². The van der Waals surface area contributed by atoms with Crippen LogP contribution in [0.2, 0.25) is 5.02 Å². The minimum Gasteiger partial charge on any atom is -0.496 e. The highest BCUT2D eigenvalue weighted by atomic mass is 79.9. The number of methoxy groups -OCH3 is 1. The first-order valence-corrected chi connectivity index (χ1v) is 9.15. The Kier molecular flexibility index (Phi) is 7.78. The molecule has 0 saturated heterocycles. The van der Waals surface area contributed by atoms with Crippen LogP contribution in [-0.4, -0.2) is 24.0 Å². The van der Waals surface area contributed by atoms with Crippen LogP contribution < -0.4 is 20.9 Å². The van der Waals surface area contributed by atoms with Crippen molar-refractivity contribution in [1.29, 1.82) is 0 Å². The molecule has 0 heterocycles. The molecule has 6 nitrogen and oxygen atoms in total. The van der Waals surface area contributed by atoms with Crippen LogP contribution in [0.15, 0.2) is 53.0 Å². The number of hydrogen-bond donors (Lipinski definition) is 3. The second-order valence-corrected chi connectivity index (χ2v) is 6.88. The van der Waals surface area contributed by atoms with Crippen LogP contribution in [0, 0.1) is 0 Å². The fraction of sp³-hybridized carbons (Fsp3) is 0.0556. The van der Waals surface area contributed by atoms with E-state index in [0.717, 1.165) is 10.0 Å². The Hall–Kier alpha value is -2.42. The summed E-state index contributed by atoms with van der Waals surface area (Å²) < 4.78 is 6.08. The summed E-state index contributed by atoms with van der Waals surface area (Å²) in [4.78, 5) is 23.9. The van der Waals surface area contributed by atoms with Gasteiger partial charge in [-0.3, -0.25) is 25.8 Å². The van der Waals surface area contributed by atoms with Crippen molar-refractivity contribution in [3.8, 4) is 5.75 Å². The molecule has 9 heteroatoms. The van der Waals surface area contributed by atoms with Crippen molar-refractivity contribution in [2.24, 2.45) is 0 Å². The highest BCUT2D eigenvalue weighted by Gasteiger charge is 2.07. The quantitative estimate of drug-likeness (QED) is 0.364. The van der Waals surface area contributed by atoms with Gasteiger partial charge in [-0.1, -0.05) is 27.5 Å². The standard InChI is InChI=1S/C18H15BrClN3O3S/c1-26-15-8-5-13(19)10-12(15)4-9-16(24)21-18(27)23-22-17(25)11-2-6-14(20)7-3-11/h2-10H,1H3,(H,22,25)(H2,21,23,24,27). The Balaban J connectivity index is 1.86. The van der Waals surface area contributed by atoms with E-state index >= 15 is 0 Å². The summed E-state index contributed by atoms with van der Waals surface area (Å²) in [6, 6.07) is 11.7. The number of nitrogens with one attached hydrogen (secondary N) is 3. The number of rotatable bonds is 4. The Bertz CT molecular complexity index is 888. The molecular formula is C18H15BrClN3O3S. The lowest BCUT2D eigenvalue weighted by atomic mass is 10.2. The smallest absolute Gasteiger partial charge is 0.269 e. The number of ether oxygens (including phenoxy) is 1. The van der Waals surface area contributed by atoms with Gasteiger partial charge in [-0.15, -0.1) is 0 Å². The molecule has 2 aromatic rings. The molecule has 3 N–H and O–H groups in total. The number of amides is 2. The molecule has 0 aromatic heterocycles. The zero-order valence-electron chi connectivity index (χ0n) is 14.1. The predicted molar refractivity (Wildman–Crippen MR) is 113 cm³/mol. The van der Waals surface area contributed by atoms with Gasteiger partial charge in [0.05, 0.1) is 7.11 Å². The van der Waals surface area contributed by atoms with Crippen LogP contribution >= 0.6 is 39.7 Å². The summed E-state index contributed by atoms with van der Waals surface area (Å²) in [6.45, 7) is 0. The number of carbonyl (C=O) groups excluding carboxylic acids is 2. The molecule has 2 rings (SSSR count). The monoisotopic (exact) mass is 467 g/mol. The molecule has 0 spiro atoms. The minimum absolute atomic E-state index is 0.0480. The first kappa shape index (κ1) is 20.9. The molecule has 140 valence electrons. The molecule has 0 bridgehead atoms. The van der Waals surface area contributed by atoms with Gasteiger partial charge in [-0.2, -0.15) is 0 Å². The molecule has 2 aromatic carbocycles. The molecule has 0 radical (unpaired) electrons. The maximum absolute atomic E-state index is 12.0. The Morgan fingerprint density at radius 2 is 1.85 bits per heavy atom. The van der Waals surface area contributed by atoms with Gasteiger partial charge in [0.15, 0.2) is 5.11 Å². The fourth-order valence-electron chi connectivity index (χ4n) is 1.97.